The molecule has 1 amide bonds. The number of hydrogen-bond donors (Lipinski definition) is 1. The minimum atomic E-state index is -0.0370. The molecule has 0 radical (unpaired) electrons. The summed E-state index contributed by atoms with van der Waals surface area (Å²) in [7, 11) is 0. The third-order valence-corrected chi connectivity index (χ3v) is 7.52. The van der Waals surface area contributed by atoms with Crippen molar-refractivity contribution < 1.29 is 4.79 Å². The number of benzene rings is 1. The molecule has 0 bridgehead atoms. The van der Waals surface area contributed by atoms with Gasteiger partial charge in [-0.15, -0.1) is 0 Å². The summed E-state index contributed by atoms with van der Waals surface area (Å²) in [5, 5.41) is 4.83. The molecule has 1 aliphatic rings. The van der Waals surface area contributed by atoms with Crippen molar-refractivity contribution in [2.75, 3.05) is 29.1 Å². The number of carbonyl (C=O) groups is 1. The molecule has 29 heavy (non-hydrogen) atoms. The molecule has 1 N–H and O–H groups in total. The average molecular weight is 428 g/mol. The normalized spacial score (nSPS) is 16.9. The number of fused-ring (bicyclic) bond motifs is 1. The van der Waals surface area contributed by atoms with Crippen molar-refractivity contribution in [3.05, 3.63) is 35.7 Å². The third-order valence-electron chi connectivity index (χ3n) is 5.29. The van der Waals surface area contributed by atoms with E-state index < -0.39 is 0 Å². The molecule has 8 heteroatoms. The van der Waals surface area contributed by atoms with Gasteiger partial charge < -0.3 is 10.2 Å². The van der Waals surface area contributed by atoms with E-state index in [9.17, 15) is 4.79 Å². The maximum Gasteiger partial charge on any atom is 0.234 e. The number of piperidine rings is 1. The molecule has 2 aromatic heterocycles. The fourth-order valence-electron chi connectivity index (χ4n) is 3.53. The van der Waals surface area contributed by atoms with E-state index in [-0.39, 0.29) is 5.91 Å². The summed E-state index contributed by atoms with van der Waals surface area (Å²) in [5.41, 5.74) is 3.84. The van der Waals surface area contributed by atoms with Crippen LogP contribution in [-0.4, -0.2) is 39.7 Å². The van der Waals surface area contributed by atoms with Crippen molar-refractivity contribution in [3.63, 3.8) is 0 Å². The van der Waals surface area contributed by atoms with Crippen LogP contribution in [-0.2, 0) is 4.79 Å². The van der Waals surface area contributed by atoms with Gasteiger partial charge in [0.25, 0.3) is 0 Å². The summed E-state index contributed by atoms with van der Waals surface area (Å²) in [6.07, 6.45) is 4.01. The first kappa shape index (κ1) is 20.1. The SMILES string of the molecule is Cc1cccc(NC(=O)CSc2ncnc3nc(N4CCC[C@H](C)C4)sc23)c1C. The van der Waals surface area contributed by atoms with Crippen LogP contribution in [0.3, 0.4) is 0 Å². The third kappa shape index (κ3) is 4.53. The molecule has 0 aliphatic carbocycles. The Balaban J connectivity index is 1.46. The van der Waals surface area contributed by atoms with Crippen LogP contribution in [0.25, 0.3) is 10.3 Å². The average Bonchev–Trinajstić information content (AvgIpc) is 3.15. The molecule has 0 spiro atoms. The highest BCUT2D eigenvalue weighted by molar-refractivity contribution is 8.00. The molecule has 0 unspecified atom stereocenters. The van der Waals surface area contributed by atoms with Gasteiger partial charge in [-0.1, -0.05) is 42.2 Å². The molecule has 6 nitrogen and oxygen atoms in total. The lowest BCUT2D eigenvalue weighted by Gasteiger charge is -2.30. The predicted molar refractivity (Wildman–Crippen MR) is 121 cm³/mol. The van der Waals surface area contributed by atoms with Crippen LogP contribution in [0.1, 0.15) is 30.9 Å². The van der Waals surface area contributed by atoms with Gasteiger partial charge in [-0.25, -0.2) is 9.97 Å². The Bertz CT molecular complexity index is 1040. The maximum atomic E-state index is 12.5. The van der Waals surface area contributed by atoms with Crippen LogP contribution in [0, 0.1) is 19.8 Å². The highest BCUT2D eigenvalue weighted by Gasteiger charge is 2.21. The first-order valence-corrected chi connectivity index (χ1v) is 11.7. The van der Waals surface area contributed by atoms with Gasteiger partial charge in [0.2, 0.25) is 5.91 Å². The Morgan fingerprint density at radius 3 is 3.03 bits per heavy atom. The van der Waals surface area contributed by atoms with Gasteiger partial charge in [-0.05, 0) is 49.8 Å². The summed E-state index contributed by atoms with van der Waals surface area (Å²) in [6.45, 7) is 8.43. The number of carbonyl (C=O) groups excluding carboxylic acids is 1. The second-order valence-corrected chi connectivity index (χ2v) is 9.55. The van der Waals surface area contributed by atoms with Gasteiger partial charge in [-0.2, -0.15) is 4.98 Å². The van der Waals surface area contributed by atoms with Crippen LogP contribution in [0.2, 0.25) is 0 Å². The molecule has 1 aliphatic heterocycles. The standard InChI is InChI=1S/C21H25N5OS2/c1-13-6-5-9-26(10-13)21-25-19-18(29-21)20(23-12-22-19)28-11-17(27)24-16-8-4-7-14(2)15(16)3/h4,7-8,12-13H,5-6,9-11H2,1-3H3,(H,24,27)/t13-/m0/s1. The van der Waals surface area contributed by atoms with Crippen LogP contribution < -0.4 is 10.2 Å². The Hall–Kier alpha value is -2.19. The lowest BCUT2D eigenvalue weighted by atomic mass is 10.0. The van der Waals surface area contributed by atoms with Gasteiger partial charge in [0, 0.05) is 18.8 Å². The quantitative estimate of drug-likeness (QED) is 0.471. The van der Waals surface area contributed by atoms with E-state index in [2.05, 4.69) is 27.1 Å². The highest BCUT2D eigenvalue weighted by Crippen LogP contribution is 2.35. The van der Waals surface area contributed by atoms with Crippen molar-refractivity contribution in [2.45, 2.75) is 38.6 Å². The fourth-order valence-corrected chi connectivity index (χ4v) is 5.46. The van der Waals surface area contributed by atoms with E-state index in [0.29, 0.717) is 11.7 Å². The van der Waals surface area contributed by atoms with E-state index in [0.717, 1.165) is 50.4 Å². The van der Waals surface area contributed by atoms with Crippen LogP contribution in [0.5, 0.6) is 0 Å². The number of rotatable bonds is 5. The van der Waals surface area contributed by atoms with Gasteiger partial charge in [-0.3, -0.25) is 4.79 Å². The van der Waals surface area contributed by atoms with Gasteiger partial charge in [0.1, 0.15) is 16.1 Å². The molecule has 3 aromatic rings. The van der Waals surface area contributed by atoms with Gasteiger partial charge >= 0.3 is 0 Å². The molecule has 1 saturated heterocycles. The molecule has 1 atom stereocenters. The molecule has 4 rings (SSSR count). The summed E-state index contributed by atoms with van der Waals surface area (Å²) in [6, 6.07) is 5.93. The number of nitrogens with zero attached hydrogens (tertiary/aromatic N) is 4. The molecule has 3 heterocycles. The summed E-state index contributed by atoms with van der Waals surface area (Å²) >= 11 is 3.07. The van der Waals surface area contributed by atoms with Crippen LogP contribution in [0.15, 0.2) is 29.6 Å². The second-order valence-electron chi connectivity index (χ2n) is 7.61. The highest BCUT2D eigenvalue weighted by atomic mass is 32.2. The summed E-state index contributed by atoms with van der Waals surface area (Å²) in [4.78, 5) is 28.3. The molecule has 1 aromatic carbocycles. The van der Waals surface area contributed by atoms with Crippen molar-refractivity contribution in [2.24, 2.45) is 5.92 Å². The Morgan fingerprint density at radius 2 is 2.21 bits per heavy atom. The number of hydrogen-bond acceptors (Lipinski definition) is 7. The Labute approximate surface area is 179 Å². The van der Waals surface area contributed by atoms with Gasteiger partial charge in [0.15, 0.2) is 10.8 Å². The van der Waals surface area contributed by atoms with E-state index in [4.69, 9.17) is 4.98 Å². The maximum absolute atomic E-state index is 12.5. The molecule has 0 saturated carbocycles. The number of amides is 1. The number of thiazole rings is 1. The van der Waals surface area contributed by atoms with E-state index >= 15 is 0 Å². The Morgan fingerprint density at radius 1 is 1.34 bits per heavy atom. The number of nitrogens with one attached hydrogen (secondary N) is 1. The summed E-state index contributed by atoms with van der Waals surface area (Å²) < 4.78 is 0.963. The monoisotopic (exact) mass is 427 g/mol. The first-order valence-electron chi connectivity index (χ1n) is 9.86. The fraction of sp³-hybridized carbons (Fsp3) is 0.429. The second kappa shape index (κ2) is 8.67. The lowest BCUT2D eigenvalue weighted by molar-refractivity contribution is -0.113. The number of aromatic nitrogens is 3. The van der Waals surface area contributed by atoms with Crippen molar-refractivity contribution in [3.8, 4) is 0 Å². The van der Waals surface area contributed by atoms with Crippen LogP contribution in [0.4, 0.5) is 10.8 Å². The Kier molecular flexibility index (Phi) is 6.01. The molecular formula is C21H25N5OS2. The number of anilines is 2. The minimum Gasteiger partial charge on any atom is -0.348 e. The van der Waals surface area contributed by atoms with Gasteiger partial charge in [0.05, 0.1) is 5.75 Å². The topological polar surface area (TPSA) is 71.0 Å². The van der Waals surface area contributed by atoms with E-state index in [1.165, 1.54) is 30.9 Å². The molecule has 152 valence electrons. The van der Waals surface area contributed by atoms with Crippen LogP contribution >= 0.6 is 23.1 Å². The van der Waals surface area contributed by atoms with E-state index in [1.807, 2.05) is 32.0 Å². The zero-order chi connectivity index (χ0) is 20.4. The van der Waals surface area contributed by atoms with Crippen molar-refractivity contribution in [1.29, 1.82) is 0 Å². The smallest absolute Gasteiger partial charge is 0.234 e. The first-order chi connectivity index (χ1) is 14.0. The summed E-state index contributed by atoms with van der Waals surface area (Å²) in [5.74, 6) is 0.947. The zero-order valence-electron chi connectivity index (χ0n) is 16.9. The number of aryl methyl sites for hydroxylation is 1. The molecule has 1 fully saturated rings. The zero-order valence-corrected chi connectivity index (χ0v) is 18.6. The lowest BCUT2D eigenvalue weighted by Crippen LogP contribution is -2.34. The largest absolute Gasteiger partial charge is 0.348 e. The van der Waals surface area contributed by atoms with Crippen molar-refractivity contribution in [1.82, 2.24) is 15.0 Å². The van der Waals surface area contributed by atoms with E-state index in [1.54, 1.807) is 11.3 Å². The predicted octanol–water partition coefficient (Wildman–Crippen LogP) is 4.67. The minimum absolute atomic E-state index is 0.0370. The number of thioether (sulfide) groups is 1. The van der Waals surface area contributed by atoms with Crippen molar-refractivity contribution >= 4 is 50.2 Å². The molecular weight excluding hydrogens is 402 g/mol.